The molecular weight excluding hydrogens is 672 g/mol. The van der Waals surface area contributed by atoms with Gasteiger partial charge < -0.3 is 40.7 Å². The average Bonchev–Trinajstić information content (AvgIpc) is 3.30. The Hall–Kier alpha value is -4.71. The van der Waals surface area contributed by atoms with Crippen molar-refractivity contribution in [1.82, 2.24) is 31.1 Å². The maximum absolute atomic E-state index is 12.7. The largest absolute Gasteiger partial charge is 0.445 e. The number of rotatable bonds is 18. The molecule has 1 aromatic rings. The third-order valence-corrected chi connectivity index (χ3v) is 8.21. The second-order valence-corrected chi connectivity index (χ2v) is 13.8. The molecule has 0 bridgehead atoms. The fraction of sp³-hybridized carbons (Fsp3) is 0.562. The molecule has 50 heavy (non-hydrogen) atoms. The highest BCUT2D eigenvalue weighted by atomic mass is 32.2. The molecule has 1 aliphatic rings. The van der Waals surface area contributed by atoms with Crippen molar-refractivity contribution in [2.75, 3.05) is 72.0 Å². The van der Waals surface area contributed by atoms with E-state index in [1.807, 2.05) is 21.1 Å². The van der Waals surface area contributed by atoms with Crippen LogP contribution in [0.2, 0.25) is 0 Å². The molecule has 276 valence electrons. The second kappa shape index (κ2) is 19.5. The van der Waals surface area contributed by atoms with E-state index in [2.05, 4.69) is 26.6 Å². The first kappa shape index (κ1) is 41.5. The van der Waals surface area contributed by atoms with Gasteiger partial charge in [0, 0.05) is 45.2 Å². The molecule has 1 heterocycles. The van der Waals surface area contributed by atoms with Crippen molar-refractivity contribution in [3.63, 3.8) is 0 Å². The first-order valence-corrected chi connectivity index (χ1v) is 17.3. The van der Waals surface area contributed by atoms with E-state index >= 15 is 0 Å². The number of benzene rings is 1. The Balaban J connectivity index is 1.76. The van der Waals surface area contributed by atoms with Crippen LogP contribution in [0, 0.1) is 0 Å². The third kappa shape index (κ3) is 14.4. The second-order valence-electron chi connectivity index (χ2n) is 12.8. The molecule has 1 aromatic carbocycles. The summed E-state index contributed by atoms with van der Waals surface area (Å²) in [4.78, 5) is 101. The molecule has 0 spiro atoms. The molecule has 0 radical (unpaired) electrons. The molecule has 1 fully saturated rings. The monoisotopic (exact) mass is 721 g/mol. The van der Waals surface area contributed by atoms with Crippen LogP contribution in [0.15, 0.2) is 24.3 Å². The van der Waals surface area contributed by atoms with Crippen molar-refractivity contribution in [2.24, 2.45) is 0 Å². The van der Waals surface area contributed by atoms with Gasteiger partial charge in [0.25, 0.3) is 5.91 Å². The fourth-order valence-corrected chi connectivity index (χ4v) is 5.20. The zero-order chi connectivity index (χ0) is 37.6. The first-order valence-electron chi connectivity index (χ1n) is 16.0. The number of carbonyl (C=O) groups is 8. The van der Waals surface area contributed by atoms with Gasteiger partial charge in [0.05, 0.1) is 26.4 Å². The van der Waals surface area contributed by atoms with Gasteiger partial charge in [0.2, 0.25) is 35.4 Å². The van der Waals surface area contributed by atoms with E-state index in [4.69, 9.17) is 4.74 Å². The summed E-state index contributed by atoms with van der Waals surface area (Å²) in [6.45, 7) is 4.95. The molecule has 18 heteroatoms. The summed E-state index contributed by atoms with van der Waals surface area (Å²) >= 11 is 1.23. The minimum atomic E-state index is -1.04. The van der Waals surface area contributed by atoms with Crippen LogP contribution in [0.5, 0.6) is 0 Å². The number of amides is 8. The van der Waals surface area contributed by atoms with E-state index in [0.717, 1.165) is 4.90 Å². The average molecular weight is 722 g/mol. The molecule has 0 aliphatic carbocycles. The lowest BCUT2D eigenvalue weighted by atomic mass is 10.2. The van der Waals surface area contributed by atoms with Gasteiger partial charge in [-0.25, -0.2) is 4.79 Å². The van der Waals surface area contributed by atoms with Crippen LogP contribution in [0.1, 0.15) is 32.8 Å². The van der Waals surface area contributed by atoms with Crippen LogP contribution >= 0.6 is 11.8 Å². The van der Waals surface area contributed by atoms with Crippen molar-refractivity contribution >= 4 is 64.9 Å². The molecule has 5 N–H and O–H groups in total. The predicted molar refractivity (Wildman–Crippen MR) is 185 cm³/mol. The van der Waals surface area contributed by atoms with Gasteiger partial charge in [0.1, 0.15) is 25.2 Å². The molecule has 17 nitrogen and oxygen atoms in total. The standard InChI is InChI=1S/C32H48N8O9S/c1-20(35-26(42)17-39-27(43)16-25(50-7)31(39)47)29(45)36-21(2)30(46)37-24-10-8-23(9-11-24)19-49-32(48)34-13-15-38(14-12-33-22(3)41)28(44)18-40(4,5)6/h8-11,20-21,25H,12-19H2,1-7H3,(H4-,33,34,35,36,37,41,42,45,46,48)/p+1. The number of alkyl carbamates (subject to hydrolysis) is 1. The number of carbonyl (C=O) groups excluding carboxylic acids is 8. The van der Waals surface area contributed by atoms with Crippen LogP contribution < -0.4 is 26.6 Å². The number of likely N-dealkylation sites (N-methyl/N-ethyl adjacent to an activating group) is 1. The molecule has 1 aliphatic heterocycles. The quantitative estimate of drug-likeness (QED) is 0.0924. The Morgan fingerprint density at radius 2 is 1.54 bits per heavy atom. The van der Waals surface area contributed by atoms with E-state index in [9.17, 15) is 38.4 Å². The van der Waals surface area contributed by atoms with E-state index in [1.54, 1.807) is 35.4 Å². The summed E-state index contributed by atoms with van der Waals surface area (Å²) in [6.07, 6.45) is 1.05. The lowest BCUT2D eigenvalue weighted by molar-refractivity contribution is -0.862. The number of ether oxygens (including phenoxy) is 1. The lowest BCUT2D eigenvalue weighted by Gasteiger charge is -2.28. The van der Waals surface area contributed by atoms with Gasteiger partial charge in [-0.05, 0) is 37.8 Å². The number of thioether (sulfide) groups is 1. The molecular formula is C32H49N8O9S+. The van der Waals surface area contributed by atoms with Gasteiger partial charge in [-0.2, -0.15) is 11.8 Å². The third-order valence-electron chi connectivity index (χ3n) is 7.27. The molecule has 3 unspecified atom stereocenters. The summed E-state index contributed by atoms with van der Waals surface area (Å²) < 4.78 is 5.69. The van der Waals surface area contributed by atoms with Gasteiger partial charge in [-0.3, -0.25) is 38.5 Å². The van der Waals surface area contributed by atoms with E-state index in [0.29, 0.717) is 28.8 Å². The molecule has 0 aromatic heterocycles. The summed E-state index contributed by atoms with van der Waals surface area (Å²) in [5.74, 6) is -3.05. The van der Waals surface area contributed by atoms with Crippen LogP contribution in [-0.4, -0.2) is 146 Å². The van der Waals surface area contributed by atoms with Crippen LogP contribution in [0.4, 0.5) is 10.5 Å². The normalized spacial score (nSPS) is 15.4. The van der Waals surface area contributed by atoms with Gasteiger partial charge in [0.15, 0.2) is 6.54 Å². The number of hydrogen-bond donors (Lipinski definition) is 5. The number of nitrogens with one attached hydrogen (secondary N) is 5. The molecule has 8 amide bonds. The number of nitrogens with zero attached hydrogens (tertiary/aromatic N) is 3. The van der Waals surface area contributed by atoms with Crippen molar-refractivity contribution in [2.45, 2.75) is 51.1 Å². The van der Waals surface area contributed by atoms with Crippen LogP contribution in [0.3, 0.4) is 0 Å². The molecule has 2 rings (SSSR count). The Morgan fingerprint density at radius 3 is 2.10 bits per heavy atom. The smallest absolute Gasteiger partial charge is 0.407 e. The highest BCUT2D eigenvalue weighted by Crippen LogP contribution is 2.22. The predicted octanol–water partition coefficient (Wildman–Crippen LogP) is -0.978. The number of imide groups is 1. The van der Waals surface area contributed by atoms with Crippen molar-refractivity contribution in [1.29, 1.82) is 0 Å². The van der Waals surface area contributed by atoms with Gasteiger partial charge in [-0.1, -0.05) is 12.1 Å². The maximum Gasteiger partial charge on any atom is 0.407 e. The zero-order valence-corrected chi connectivity index (χ0v) is 30.4. The highest BCUT2D eigenvalue weighted by Gasteiger charge is 2.39. The van der Waals surface area contributed by atoms with Crippen LogP contribution in [-0.2, 0) is 44.9 Å². The maximum atomic E-state index is 12.7. The molecule has 1 saturated heterocycles. The summed E-state index contributed by atoms with van der Waals surface area (Å²) in [5, 5.41) is 12.4. The number of likely N-dealkylation sites (tertiary alicyclic amines) is 1. The van der Waals surface area contributed by atoms with Crippen molar-refractivity contribution < 1.29 is 47.6 Å². The Labute approximate surface area is 296 Å². The Bertz CT molecular complexity index is 1420. The molecule has 3 atom stereocenters. The van der Waals surface area contributed by atoms with E-state index < -0.39 is 59.5 Å². The van der Waals surface area contributed by atoms with Crippen LogP contribution in [0.25, 0.3) is 0 Å². The number of anilines is 1. The minimum Gasteiger partial charge on any atom is -0.445 e. The first-order chi connectivity index (χ1) is 23.4. The summed E-state index contributed by atoms with van der Waals surface area (Å²) in [7, 11) is 5.67. The van der Waals surface area contributed by atoms with Gasteiger partial charge in [-0.15, -0.1) is 0 Å². The van der Waals surface area contributed by atoms with Gasteiger partial charge >= 0.3 is 6.09 Å². The zero-order valence-electron chi connectivity index (χ0n) is 29.6. The molecule has 0 saturated carbocycles. The van der Waals surface area contributed by atoms with Crippen molar-refractivity contribution in [3.8, 4) is 0 Å². The number of quaternary nitrogens is 1. The number of hydrogen-bond acceptors (Lipinski definition) is 10. The van der Waals surface area contributed by atoms with E-state index in [-0.39, 0.29) is 44.5 Å². The van der Waals surface area contributed by atoms with Crippen molar-refractivity contribution in [3.05, 3.63) is 29.8 Å². The fourth-order valence-electron chi connectivity index (χ4n) is 4.56. The summed E-state index contributed by atoms with van der Waals surface area (Å²) in [6, 6.07) is 4.48. The minimum absolute atomic E-state index is 0.0238. The lowest BCUT2D eigenvalue weighted by Crippen LogP contribution is -2.52. The highest BCUT2D eigenvalue weighted by molar-refractivity contribution is 8.00. The van der Waals surface area contributed by atoms with E-state index in [1.165, 1.54) is 32.5 Å². The Kier molecular flexibility index (Phi) is 16.1. The SMILES string of the molecule is CSC1CC(=O)N(CC(=O)NC(C)C(=O)NC(C)C(=O)Nc2ccc(COC(=O)NCCN(CCNC(C)=O)C(=O)C[N+](C)(C)C)cc2)C1=O. The topological polar surface area (TPSA) is 212 Å². The summed E-state index contributed by atoms with van der Waals surface area (Å²) in [5.41, 5.74) is 1.06. The Morgan fingerprint density at radius 1 is 0.940 bits per heavy atom.